The quantitative estimate of drug-likeness (QED) is 0.0563. The molecule has 16 bridgehead atoms. The number of imidazole rings is 3. The van der Waals surface area contributed by atoms with Gasteiger partial charge in [-0.15, -0.1) is 0 Å². The summed E-state index contributed by atoms with van der Waals surface area (Å²) in [6, 6.07) is 46.4. The van der Waals surface area contributed by atoms with Crippen LogP contribution in [0.1, 0.15) is 416 Å². The summed E-state index contributed by atoms with van der Waals surface area (Å²) in [6.45, 7) is 14.6. The highest BCUT2D eigenvalue weighted by molar-refractivity contribution is 5.89. The second-order valence-corrected chi connectivity index (χ2v) is 51.4. The molecule has 0 radical (unpaired) electrons. The van der Waals surface area contributed by atoms with Crippen molar-refractivity contribution < 1.29 is 24.3 Å². The highest BCUT2D eigenvalue weighted by atomic mass is 16.6. The lowest BCUT2D eigenvalue weighted by Gasteiger charge is -2.56. The van der Waals surface area contributed by atoms with Crippen LogP contribution in [0.3, 0.4) is 0 Å². The van der Waals surface area contributed by atoms with Crippen LogP contribution in [0.2, 0.25) is 0 Å². The number of benzene rings is 4. The summed E-state index contributed by atoms with van der Waals surface area (Å²) in [5.74, 6) is 12.3. The highest BCUT2D eigenvalue weighted by Crippen LogP contribution is 2.57. The van der Waals surface area contributed by atoms with E-state index in [9.17, 15) is 19.5 Å². The van der Waals surface area contributed by atoms with E-state index >= 15 is 0 Å². The molecule has 790 valence electrons. The predicted octanol–water partition coefficient (Wildman–Crippen LogP) is 25.8. The summed E-state index contributed by atoms with van der Waals surface area (Å²) in [4.78, 5) is 81.5. The van der Waals surface area contributed by atoms with Gasteiger partial charge in [-0.2, -0.15) is 0 Å². The Bertz CT molecular complexity index is 5410. The highest BCUT2D eigenvalue weighted by Gasteiger charge is 2.54. The molecular weight excluding hydrogens is 1810 g/mol. The lowest BCUT2D eigenvalue weighted by molar-refractivity contribution is -0.135. The summed E-state index contributed by atoms with van der Waals surface area (Å²) < 4.78 is 7.82. The number of hydrogen-bond donors (Lipinski definition) is 1. The van der Waals surface area contributed by atoms with Gasteiger partial charge in [-0.25, -0.2) is 15.0 Å². The van der Waals surface area contributed by atoms with E-state index in [1.54, 1.807) is 13.8 Å². The molecule has 3 aromatic heterocycles. The fourth-order valence-electron chi connectivity index (χ4n) is 37.0. The first-order valence-electron chi connectivity index (χ1n) is 61.1. The Labute approximate surface area is 874 Å². The van der Waals surface area contributed by atoms with E-state index in [-0.39, 0.29) is 30.2 Å². The maximum Gasteiger partial charge on any atom is 0.323 e. The fraction of sp³-hybridized carbons (Fsp3) is 0.736. The van der Waals surface area contributed by atoms with E-state index in [1.165, 1.54) is 347 Å². The van der Waals surface area contributed by atoms with Crippen LogP contribution in [0.15, 0.2) is 114 Å². The van der Waals surface area contributed by atoms with Crippen molar-refractivity contribution in [3.05, 3.63) is 126 Å². The number of aromatic nitrogens is 6. The normalized spacial score (nSPS) is 36.6. The van der Waals surface area contributed by atoms with Gasteiger partial charge in [0.15, 0.2) is 5.82 Å². The van der Waals surface area contributed by atoms with Crippen LogP contribution in [-0.4, -0.2) is 229 Å². The molecule has 4 aromatic carbocycles. The molecular formula is C125H180N16O5. The number of piperidine rings is 9. The number of ketones is 2. The third-order valence-electron chi connectivity index (χ3n) is 42.1. The summed E-state index contributed by atoms with van der Waals surface area (Å²) >= 11 is 0. The van der Waals surface area contributed by atoms with Gasteiger partial charge in [-0.3, -0.25) is 48.7 Å². The Kier molecular flexibility index (Phi) is 31.1. The number of anilines is 2. The van der Waals surface area contributed by atoms with E-state index in [1.807, 2.05) is 13.1 Å². The van der Waals surface area contributed by atoms with Crippen LogP contribution in [0.4, 0.5) is 11.4 Å². The molecule has 1 N–H and O–H groups in total. The Hall–Kier alpha value is -7.37. The zero-order valence-corrected chi connectivity index (χ0v) is 89.9. The average molecular weight is 1990 g/mol. The fourth-order valence-corrected chi connectivity index (χ4v) is 37.0. The molecule has 26 atom stereocenters. The SMILES string of the molecule is CC(=O)CN1CCC[C@@H]1c1nc2ccccc2n1C1C[C@H]2CCC[C@@H](C1)N2C1C[C@H]2CCCC[C@@H](C1)C2.CC(=O)CN1CCC[C@H]1c1nc2ccccc2n1C1C[C@H]2CCC[C@@H](C1)N2C1C[C@H]2CCCC[C@@H](C1)C2.CCN1CCC/C(=C2/N(CC(=O)O)c3ccccc3N2C2C[C@H]3CCC[C@@H](C2)N3C2C[C@H]3CCCC[C@@H](C2)C3)C1.CCO/N=C/c1nc2ccccc2n1C1C[C@H]2CCC[C@@H](C1)N2C1C[C@H]2CCC[C@@H](C1)C2. The van der Waals surface area contributed by atoms with Crippen LogP contribution in [0, 0.1) is 47.3 Å². The van der Waals surface area contributed by atoms with Crippen molar-refractivity contribution in [2.24, 2.45) is 52.5 Å². The second kappa shape index (κ2) is 45.1. The molecule has 0 spiro atoms. The second-order valence-electron chi connectivity index (χ2n) is 51.4. The molecule has 15 heterocycles. The summed E-state index contributed by atoms with van der Waals surface area (Å²) in [5.41, 5.74) is 11.0. The van der Waals surface area contributed by atoms with E-state index in [0.29, 0.717) is 55.9 Å². The van der Waals surface area contributed by atoms with Gasteiger partial charge in [0.2, 0.25) is 0 Å². The molecule has 0 amide bonds. The first-order chi connectivity index (χ1) is 71.7. The van der Waals surface area contributed by atoms with Gasteiger partial charge in [0.1, 0.15) is 48.4 Å². The summed E-state index contributed by atoms with van der Waals surface area (Å²) in [6.07, 6.45) is 75.0. The number of hydrogen-bond acceptors (Lipinski definition) is 17. The summed E-state index contributed by atoms with van der Waals surface area (Å²) in [7, 11) is 0. The number of carbonyl (C=O) groups excluding carboxylic acids is 2. The number of likely N-dealkylation sites (tertiary alicyclic amines) is 3. The molecule has 146 heavy (non-hydrogen) atoms. The molecule has 7 aromatic rings. The average Bonchev–Trinajstić information content (AvgIpc) is 1.62. The number of carbonyl (C=O) groups is 3. The molecule has 27 rings (SSSR count). The van der Waals surface area contributed by atoms with E-state index < -0.39 is 5.97 Å². The maximum atomic E-state index is 12.2. The smallest absolute Gasteiger partial charge is 0.323 e. The minimum absolute atomic E-state index is 0.0367. The predicted molar refractivity (Wildman–Crippen MR) is 588 cm³/mol. The van der Waals surface area contributed by atoms with Gasteiger partial charge in [0.05, 0.1) is 69.6 Å². The van der Waals surface area contributed by atoms with Gasteiger partial charge < -0.3 is 33.4 Å². The van der Waals surface area contributed by atoms with E-state index in [2.05, 4.69) is 167 Å². The Balaban J connectivity index is 0.000000105. The van der Waals surface area contributed by atoms with Crippen molar-refractivity contribution in [2.45, 2.75) is 477 Å². The molecule has 12 aliphatic heterocycles. The zero-order valence-electron chi connectivity index (χ0n) is 89.9. The minimum Gasteiger partial charge on any atom is -0.480 e. The Morgan fingerprint density at radius 2 is 0.692 bits per heavy atom. The molecule has 21 heteroatoms. The van der Waals surface area contributed by atoms with Crippen molar-refractivity contribution in [2.75, 3.05) is 68.8 Å². The first kappa shape index (κ1) is 101. The van der Waals surface area contributed by atoms with Crippen molar-refractivity contribution >= 4 is 68.2 Å². The number of carboxylic acid groups (broad SMARTS) is 1. The lowest BCUT2D eigenvalue weighted by Crippen LogP contribution is -2.61. The lowest BCUT2D eigenvalue weighted by atomic mass is 9.68. The number of oxime groups is 1. The van der Waals surface area contributed by atoms with Crippen molar-refractivity contribution in [1.29, 1.82) is 0 Å². The largest absolute Gasteiger partial charge is 0.480 e. The molecule has 8 saturated carbocycles. The van der Waals surface area contributed by atoms with Crippen LogP contribution < -0.4 is 9.80 Å². The molecule has 20 aliphatic rings. The summed E-state index contributed by atoms with van der Waals surface area (Å²) in [5, 5.41) is 14.2. The van der Waals surface area contributed by atoms with Crippen molar-refractivity contribution in [3.8, 4) is 0 Å². The Morgan fingerprint density at radius 3 is 1.07 bits per heavy atom. The molecule has 11 saturated heterocycles. The van der Waals surface area contributed by atoms with E-state index in [0.717, 1.165) is 207 Å². The number of para-hydroxylation sites is 8. The zero-order chi connectivity index (χ0) is 98.6. The standard InChI is InChI=1S/C34H50N4O2.2C32H46N4O.C27H38N4O/c1-2-35-16-8-11-26(22-35)34-36(23-33(39)40)31-14-5-6-15-32(31)38(34)30-20-27-12-7-13-28(21-30)37(27)29-18-24-9-3-4-10-25(17-24)19-29;2*1-22(37)21-34-15-7-14-31(34)32-33-29-12-4-5-13-30(29)36(32)28-19-25-10-6-11-26(20-28)35(25)27-17-23-8-2-3-9-24(16-23)18-27;1-2-32-28-18-27-29-25-11-3-4-12-26(25)31(27)24-16-21-9-6-10-22(17-24)30(21)23-14-19-7-5-8-20(13-19)15-23/h5-6,14-15,24-25,27-30H,2-4,7-13,16-23H2,1H3,(H,39,40);2*4-5,12-13,23-28,31H,2-3,6-11,14-21H2,1H3;3-4,11-12,18-24H,2,5-10,13-17H2,1H3/b34-26+;;;28-18+/t24-,25+,27-,28+,29?,30?;2*23-,24+,25-,26+,27?,28?,31-;19-,20+,21-,22+,23?,24?/m.10./s1. The first-order valence-corrected chi connectivity index (χ1v) is 61.1. The van der Waals surface area contributed by atoms with E-state index in [4.69, 9.17) is 19.8 Å². The number of likely N-dealkylation sites (N-methyl/N-ethyl adjacent to an activating group) is 1. The van der Waals surface area contributed by atoms with Crippen LogP contribution in [0.5, 0.6) is 0 Å². The molecule has 8 aliphatic carbocycles. The van der Waals surface area contributed by atoms with Crippen molar-refractivity contribution in [1.82, 2.24) is 63.0 Å². The van der Waals surface area contributed by atoms with Gasteiger partial charge in [-0.1, -0.05) is 183 Å². The number of nitrogens with zero attached hydrogens (tertiary/aromatic N) is 16. The third-order valence-corrected chi connectivity index (χ3v) is 42.1. The van der Waals surface area contributed by atoms with Crippen molar-refractivity contribution in [3.63, 3.8) is 0 Å². The van der Waals surface area contributed by atoms with Gasteiger partial charge >= 0.3 is 5.97 Å². The van der Waals surface area contributed by atoms with Gasteiger partial charge in [0.25, 0.3) is 0 Å². The number of aliphatic carboxylic acids is 1. The monoisotopic (exact) mass is 1990 g/mol. The van der Waals surface area contributed by atoms with Gasteiger partial charge in [0, 0.05) is 103 Å². The Morgan fingerprint density at radius 1 is 0.349 bits per heavy atom. The number of carboxylic acids is 1. The number of rotatable bonds is 20. The molecule has 8 unspecified atom stereocenters. The van der Waals surface area contributed by atoms with Crippen LogP contribution in [-0.2, 0) is 19.2 Å². The number of Topliss-reactive ketones (excluding diaryl/α,β-unsaturated/α-hetero) is 2. The van der Waals surface area contributed by atoms with Gasteiger partial charge in [-0.05, 0) is 367 Å². The third kappa shape index (κ3) is 21.2. The minimum atomic E-state index is -0.747. The topological polar surface area (TPSA) is 176 Å². The van der Waals surface area contributed by atoms with Crippen LogP contribution >= 0.6 is 0 Å². The molecule has 19 fully saturated rings. The number of fused-ring (bicyclic) bond motifs is 20. The molecule has 21 nitrogen and oxygen atoms in total. The van der Waals surface area contributed by atoms with Crippen LogP contribution in [0.25, 0.3) is 33.1 Å². The maximum absolute atomic E-state index is 12.2.